The number of anilines is 1. The molecule has 0 spiro atoms. The molecule has 0 fully saturated rings. The molecule has 0 saturated carbocycles. The predicted octanol–water partition coefficient (Wildman–Crippen LogP) is 4.98. The Labute approximate surface area is 165 Å². The molecule has 0 atom stereocenters. The molecule has 1 amide bonds. The van der Waals surface area contributed by atoms with Gasteiger partial charge in [0.2, 0.25) is 0 Å². The Balaban J connectivity index is 1.63. The van der Waals surface area contributed by atoms with E-state index in [2.05, 4.69) is 4.98 Å². The highest BCUT2D eigenvalue weighted by molar-refractivity contribution is 6.07. The number of nitrogens with zero attached hydrogens (tertiary/aromatic N) is 3. The Morgan fingerprint density at radius 3 is 2.14 bits per heavy atom. The van der Waals surface area contributed by atoms with Crippen molar-refractivity contribution < 1.29 is 13.6 Å². The molecule has 1 aliphatic heterocycles. The molecule has 4 aromatic rings. The SMILES string of the molecule is O=C(c1ccc(F)cc1)N1Cc2c(-c3ccc(F)cc3)ncn2-c2ccccc21. The lowest BCUT2D eigenvalue weighted by molar-refractivity contribution is 0.0984. The summed E-state index contributed by atoms with van der Waals surface area (Å²) in [6, 6.07) is 19.2. The van der Waals surface area contributed by atoms with Crippen molar-refractivity contribution in [1.29, 1.82) is 0 Å². The van der Waals surface area contributed by atoms with E-state index in [1.54, 1.807) is 23.4 Å². The lowest BCUT2D eigenvalue weighted by atomic mass is 10.1. The smallest absolute Gasteiger partial charge is 0.258 e. The minimum Gasteiger partial charge on any atom is -0.300 e. The second-order valence-electron chi connectivity index (χ2n) is 6.80. The lowest BCUT2D eigenvalue weighted by Gasteiger charge is -2.31. The van der Waals surface area contributed by atoms with E-state index < -0.39 is 5.82 Å². The number of benzene rings is 3. The highest BCUT2D eigenvalue weighted by Gasteiger charge is 2.29. The number of carbonyl (C=O) groups excluding carboxylic acids is 1. The minimum atomic E-state index is -0.391. The highest BCUT2D eigenvalue weighted by atomic mass is 19.1. The fourth-order valence-electron chi connectivity index (χ4n) is 3.64. The van der Waals surface area contributed by atoms with Crippen LogP contribution in [0.5, 0.6) is 0 Å². The first-order chi connectivity index (χ1) is 14.1. The molecule has 142 valence electrons. The summed E-state index contributed by atoms with van der Waals surface area (Å²) in [5, 5.41) is 0. The summed E-state index contributed by atoms with van der Waals surface area (Å²) in [7, 11) is 0. The third-order valence-corrected chi connectivity index (χ3v) is 5.06. The average molecular weight is 387 g/mol. The van der Waals surface area contributed by atoms with Crippen LogP contribution in [0.4, 0.5) is 14.5 Å². The summed E-state index contributed by atoms with van der Waals surface area (Å²) >= 11 is 0. The number of hydrogen-bond acceptors (Lipinski definition) is 2. The normalized spacial score (nSPS) is 12.4. The number of rotatable bonds is 2. The number of hydrogen-bond donors (Lipinski definition) is 0. The molecule has 0 N–H and O–H groups in total. The molecule has 29 heavy (non-hydrogen) atoms. The molecule has 1 aliphatic rings. The standard InChI is InChI=1S/C23H15F2N3O/c24-17-9-5-15(6-10-17)22-21-13-27(23(29)16-7-11-18(25)12-8-16)19-3-1-2-4-20(19)28(21)14-26-22/h1-12,14H,13H2. The van der Waals surface area contributed by atoms with Gasteiger partial charge in [0, 0.05) is 11.1 Å². The van der Waals surface area contributed by atoms with Crippen molar-refractivity contribution in [3.8, 4) is 16.9 Å². The van der Waals surface area contributed by atoms with Gasteiger partial charge in [0.1, 0.15) is 18.0 Å². The van der Waals surface area contributed by atoms with Crippen LogP contribution in [0.3, 0.4) is 0 Å². The second-order valence-corrected chi connectivity index (χ2v) is 6.80. The fraction of sp³-hybridized carbons (Fsp3) is 0.0435. The highest BCUT2D eigenvalue weighted by Crippen LogP contribution is 2.36. The van der Waals surface area contributed by atoms with Crippen LogP contribution in [0.15, 0.2) is 79.1 Å². The van der Waals surface area contributed by atoms with Crippen molar-refractivity contribution in [3.05, 3.63) is 102 Å². The van der Waals surface area contributed by atoms with Crippen molar-refractivity contribution >= 4 is 11.6 Å². The van der Waals surface area contributed by atoms with Crippen molar-refractivity contribution in [3.63, 3.8) is 0 Å². The molecular formula is C23H15F2N3O. The van der Waals surface area contributed by atoms with Crippen LogP contribution in [-0.4, -0.2) is 15.5 Å². The molecule has 3 aromatic carbocycles. The van der Waals surface area contributed by atoms with E-state index in [0.717, 1.165) is 22.6 Å². The average Bonchev–Trinajstić information content (AvgIpc) is 3.18. The maximum Gasteiger partial charge on any atom is 0.258 e. The van der Waals surface area contributed by atoms with E-state index in [0.29, 0.717) is 17.8 Å². The van der Waals surface area contributed by atoms with E-state index in [-0.39, 0.29) is 11.7 Å². The summed E-state index contributed by atoms with van der Waals surface area (Å²) in [5.74, 6) is -0.937. The molecule has 0 saturated heterocycles. The van der Waals surface area contributed by atoms with Crippen LogP contribution < -0.4 is 4.90 Å². The Kier molecular flexibility index (Phi) is 3.98. The first-order valence-electron chi connectivity index (χ1n) is 9.11. The molecule has 6 heteroatoms. The molecule has 1 aromatic heterocycles. The van der Waals surface area contributed by atoms with E-state index in [1.807, 2.05) is 28.8 Å². The van der Waals surface area contributed by atoms with E-state index in [9.17, 15) is 13.6 Å². The third-order valence-electron chi connectivity index (χ3n) is 5.06. The zero-order valence-corrected chi connectivity index (χ0v) is 15.2. The number of imidazole rings is 1. The minimum absolute atomic E-state index is 0.227. The number of halogens is 2. The van der Waals surface area contributed by atoms with Gasteiger partial charge < -0.3 is 4.90 Å². The zero-order valence-electron chi connectivity index (χ0n) is 15.2. The first-order valence-corrected chi connectivity index (χ1v) is 9.11. The molecule has 2 heterocycles. The number of amides is 1. The number of para-hydroxylation sites is 2. The predicted molar refractivity (Wildman–Crippen MR) is 106 cm³/mol. The number of carbonyl (C=O) groups is 1. The van der Waals surface area contributed by atoms with Crippen molar-refractivity contribution in [2.75, 3.05) is 4.90 Å². The maximum absolute atomic E-state index is 13.3. The fourth-order valence-corrected chi connectivity index (χ4v) is 3.64. The van der Waals surface area contributed by atoms with Gasteiger partial charge in [0.25, 0.3) is 5.91 Å². The van der Waals surface area contributed by atoms with Gasteiger partial charge in [-0.15, -0.1) is 0 Å². The van der Waals surface area contributed by atoms with Gasteiger partial charge >= 0.3 is 0 Å². The van der Waals surface area contributed by atoms with Gasteiger partial charge in [-0.05, 0) is 60.7 Å². The Hall–Kier alpha value is -3.80. The van der Waals surface area contributed by atoms with Gasteiger partial charge in [-0.2, -0.15) is 0 Å². The first kappa shape index (κ1) is 17.3. The molecule has 0 unspecified atom stereocenters. The summed E-state index contributed by atoms with van der Waals surface area (Å²) in [5.41, 5.74) is 4.26. The molecule has 0 aliphatic carbocycles. The van der Waals surface area contributed by atoms with Crippen LogP contribution >= 0.6 is 0 Å². The van der Waals surface area contributed by atoms with Crippen LogP contribution in [-0.2, 0) is 6.54 Å². The van der Waals surface area contributed by atoms with Gasteiger partial charge in [0.05, 0.1) is 29.3 Å². The second kappa shape index (κ2) is 6.67. The van der Waals surface area contributed by atoms with Gasteiger partial charge in [-0.25, -0.2) is 13.8 Å². The summed E-state index contributed by atoms with van der Waals surface area (Å²) in [6.07, 6.45) is 1.71. The molecule has 5 rings (SSSR count). The van der Waals surface area contributed by atoms with Crippen LogP contribution in [0.1, 0.15) is 16.1 Å². The van der Waals surface area contributed by atoms with Crippen LogP contribution in [0.25, 0.3) is 16.9 Å². The van der Waals surface area contributed by atoms with Gasteiger partial charge in [0.15, 0.2) is 0 Å². The Morgan fingerprint density at radius 2 is 1.45 bits per heavy atom. The van der Waals surface area contributed by atoms with Crippen LogP contribution in [0.2, 0.25) is 0 Å². The molecule has 0 radical (unpaired) electrons. The summed E-state index contributed by atoms with van der Waals surface area (Å²) < 4.78 is 28.6. The Morgan fingerprint density at radius 1 is 0.828 bits per heavy atom. The topological polar surface area (TPSA) is 38.1 Å². The van der Waals surface area contributed by atoms with Crippen molar-refractivity contribution in [2.24, 2.45) is 0 Å². The zero-order chi connectivity index (χ0) is 20.0. The van der Waals surface area contributed by atoms with Gasteiger partial charge in [-0.3, -0.25) is 9.36 Å². The number of aromatic nitrogens is 2. The van der Waals surface area contributed by atoms with Crippen molar-refractivity contribution in [2.45, 2.75) is 6.54 Å². The molecule has 4 nitrogen and oxygen atoms in total. The maximum atomic E-state index is 13.3. The monoisotopic (exact) mass is 387 g/mol. The lowest BCUT2D eigenvalue weighted by Crippen LogP contribution is -2.35. The summed E-state index contributed by atoms with van der Waals surface area (Å²) in [6.45, 7) is 0.292. The largest absolute Gasteiger partial charge is 0.300 e. The van der Waals surface area contributed by atoms with E-state index in [4.69, 9.17) is 0 Å². The van der Waals surface area contributed by atoms with Crippen molar-refractivity contribution in [1.82, 2.24) is 9.55 Å². The molecule has 0 bridgehead atoms. The van der Waals surface area contributed by atoms with E-state index in [1.165, 1.54) is 36.4 Å². The number of fused-ring (bicyclic) bond motifs is 3. The van der Waals surface area contributed by atoms with Crippen LogP contribution in [0, 0.1) is 11.6 Å². The van der Waals surface area contributed by atoms with E-state index >= 15 is 0 Å². The third kappa shape index (κ3) is 2.89. The summed E-state index contributed by atoms with van der Waals surface area (Å²) in [4.78, 5) is 19.4. The molecular weight excluding hydrogens is 372 g/mol. The Bertz CT molecular complexity index is 1210. The van der Waals surface area contributed by atoms with Gasteiger partial charge in [-0.1, -0.05) is 12.1 Å². The quantitative estimate of drug-likeness (QED) is 0.487.